The molecule has 1 nitrogen and oxygen atoms in total. The fraction of sp³-hybridized carbons (Fsp3) is 0.125. The predicted molar refractivity (Wildman–Crippen MR) is 54.7 cm³/mol. The van der Waals surface area contributed by atoms with E-state index in [0.717, 1.165) is 15.0 Å². The van der Waals surface area contributed by atoms with Crippen LogP contribution in [0.4, 0.5) is 0 Å². The summed E-state index contributed by atoms with van der Waals surface area (Å²) in [7, 11) is 0. The van der Waals surface area contributed by atoms with Gasteiger partial charge in [-0.05, 0) is 6.92 Å². The van der Waals surface area contributed by atoms with E-state index in [-0.39, 0.29) is 5.78 Å². The standard InChI is InChI=1S/C8H5ClOS2/c1-4(10)5-2-11-8-7(5)6(9)3-12-8/h2-3H,1H3. The number of carbonyl (C=O) groups excluding carboxylic acids is 1. The highest BCUT2D eigenvalue weighted by molar-refractivity contribution is 7.37. The normalized spacial score (nSPS) is 10.8. The molecule has 0 aromatic carbocycles. The Morgan fingerprint density at radius 3 is 2.75 bits per heavy atom. The van der Waals surface area contributed by atoms with Gasteiger partial charge in [0.1, 0.15) is 0 Å². The van der Waals surface area contributed by atoms with E-state index < -0.39 is 0 Å². The molecule has 0 atom stereocenters. The first-order valence-corrected chi connectivity index (χ1v) is 5.49. The Hall–Kier alpha value is -0.380. The van der Waals surface area contributed by atoms with Crippen LogP contribution >= 0.6 is 34.3 Å². The van der Waals surface area contributed by atoms with Crippen LogP contribution in [0.15, 0.2) is 10.8 Å². The van der Waals surface area contributed by atoms with E-state index in [0.29, 0.717) is 5.02 Å². The third-order valence-corrected chi connectivity index (χ3v) is 4.19. The second-order valence-electron chi connectivity index (χ2n) is 2.45. The molecule has 2 aromatic rings. The van der Waals surface area contributed by atoms with Crippen molar-refractivity contribution in [1.82, 2.24) is 0 Å². The highest BCUT2D eigenvalue weighted by Crippen LogP contribution is 2.37. The van der Waals surface area contributed by atoms with Crippen LogP contribution in [0, 0.1) is 0 Å². The lowest BCUT2D eigenvalue weighted by Crippen LogP contribution is -1.87. The quantitative estimate of drug-likeness (QED) is 0.663. The zero-order valence-electron chi connectivity index (χ0n) is 6.26. The first kappa shape index (κ1) is 8.23. The summed E-state index contributed by atoms with van der Waals surface area (Å²) in [5.74, 6) is 0.0848. The van der Waals surface area contributed by atoms with E-state index in [9.17, 15) is 4.79 Å². The van der Waals surface area contributed by atoms with Crippen molar-refractivity contribution in [2.45, 2.75) is 6.92 Å². The number of halogens is 1. The Morgan fingerprint density at radius 1 is 1.42 bits per heavy atom. The average molecular weight is 217 g/mol. The third kappa shape index (κ3) is 1.09. The van der Waals surface area contributed by atoms with Crippen LogP contribution in [0.25, 0.3) is 9.40 Å². The molecule has 0 aliphatic carbocycles. The van der Waals surface area contributed by atoms with Crippen molar-refractivity contribution in [2.75, 3.05) is 0 Å². The fourth-order valence-electron chi connectivity index (χ4n) is 1.08. The highest BCUT2D eigenvalue weighted by Gasteiger charge is 2.12. The van der Waals surface area contributed by atoms with Gasteiger partial charge in [0.25, 0.3) is 0 Å². The maximum atomic E-state index is 11.1. The zero-order valence-corrected chi connectivity index (χ0v) is 8.65. The summed E-state index contributed by atoms with van der Waals surface area (Å²) in [6.45, 7) is 1.56. The molecule has 0 aliphatic heterocycles. The Bertz CT molecular complexity index is 441. The largest absolute Gasteiger partial charge is 0.294 e. The number of ketones is 1. The van der Waals surface area contributed by atoms with Crippen molar-refractivity contribution in [3.05, 3.63) is 21.3 Å². The number of hydrogen-bond donors (Lipinski definition) is 0. The molecule has 2 heterocycles. The van der Waals surface area contributed by atoms with Gasteiger partial charge < -0.3 is 0 Å². The van der Waals surface area contributed by atoms with E-state index in [1.807, 2.05) is 10.8 Å². The number of carbonyl (C=O) groups is 1. The van der Waals surface area contributed by atoms with Gasteiger partial charge in [-0.1, -0.05) is 11.6 Å². The number of hydrogen-bond acceptors (Lipinski definition) is 3. The summed E-state index contributed by atoms with van der Waals surface area (Å²) in [6.07, 6.45) is 0. The molecule has 0 fully saturated rings. The topological polar surface area (TPSA) is 17.1 Å². The van der Waals surface area contributed by atoms with Crippen LogP contribution in [-0.2, 0) is 0 Å². The van der Waals surface area contributed by atoms with E-state index in [2.05, 4.69) is 0 Å². The lowest BCUT2D eigenvalue weighted by atomic mass is 10.2. The van der Waals surface area contributed by atoms with Gasteiger partial charge in [0, 0.05) is 21.7 Å². The molecule has 12 heavy (non-hydrogen) atoms. The maximum Gasteiger partial charge on any atom is 0.161 e. The minimum absolute atomic E-state index is 0.0848. The van der Waals surface area contributed by atoms with Crippen molar-refractivity contribution in [3.63, 3.8) is 0 Å². The molecule has 4 heteroatoms. The number of rotatable bonds is 1. The van der Waals surface area contributed by atoms with E-state index in [1.54, 1.807) is 29.6 Å². The van der Waals surface area contributed by atoms with Gasteiger partial charge in [0.05, 0.1) is 9.04 Å². The Labute approximate surface area is 82.6 Å². The molecule has 2 rings (SSSR count). The Kier molecular flexibility index (Phi) is 1.94. The molecule has 2 aromatic heterocycles. The first-order chi connectivity index (χ1) is 5.70. The summed E-state index contributed by atoms with van der Waals surface area (Å²) >= 11 is 9.09. The van der Waals surface area contributed by atoms with Gasteiger partial charge >= 0.3 is 0 Å². The van der Waals surface area contributed by atoms with Gasteiger partial charge in [-0.2, -0.15) is 0 Å². The van der Waals surface area contributed by atoms with Crippen molar-refractivity contribution in [2.24, 2.45) is 0 Å². The monoisotopic (exact) mass is 216 g/mol. The van der Waals surface area contributed by atoms with Crippen LogP contribution in [0.5, 0.6) is 0 Å². The lowest BCUT2D eigenvalue weighted by molar-refractivity contribution is 0.101. The first-order valence-electron chi connectivity index (χ1n) is 3.35. The molecule has 0 aliphatic rings. The van der Waals surface area contributed by atoms with Crippen LogP contribution in [0.1, 0.15) is 17.3 Å². The van der Waals surface area contributed by atoms with Gasteiger partial charge in [-0.15, -0.1) is 22.7 Å². The molecule has 0 saturated heterocycles. The molecule has 0 saturated carbocycles. The molecular formula is C8H5ClOS2. The summed E-state index contributed by atoms with van der Waals surface area (Å²) in [4.78, 5) is 11.1. The molecule has 0 N–H and O–H groups in total. The van der Waals surface area contributed by atoms with E-state index in [4.69, 9.17) is 11.6 Å². The third-order valence-electron chi connectivity index (χ3n) is 1.64. The fourth-order valence-corrected chi connectivity index (χ4v) is 3.54. The lowest BCUT2D eigenvalue weighted by Gasteiger charge is -1.88. The molecule has 0 radical (unpaired) electrons. The summed E-state index contributed by atoms with van der Waals surface area (Å²) in [5, 5.41) is 5.37. The van der Waals surface area contributed by atoms with Crippen LogP contribution in [-0.4, -0.2) is 5.78 Å². The zero-order chi connectivity index (χ0) is 8.72. The average Bonchev–Trinajstić information content (AvgIpc) is 2.53. The smallest absolute Gasteiger partial charge is 0.161 e. The van der Waals surface area contributed by atoms with Gasteiger partial charge in [0.2, 0.25) is 0 Å². The van der Waals surface area contributed by atoms with Gasteiger partial charge in [0.15, 0.2) is 5.78 Å². The SMILES string of the molecule is CC(=O)c1csc2scc(Cl)c12. The Morgan fingerprint density at radius 2 is 2.08 bits per heavy atom. The number of Topliss-reactive ketones (excluding diaryl/α,β-unsaturated/α-hetero) is 1. The predicted octanol–water partition coefficient (Wildman–Crippen LogP) is 3.82. The molecule has 62 valence electrons. The van der Waals surface area contributed by atoms with E-state index in [1.165, 1.54) is 0 Å². The molecule has 0 spiro atoms. The van der Waals surface area contributed by atoms with Gasteiger partial charge in [-0.25, -0.2) is 0 Å². The second kappa shape index (κ2) is 2.83. The van der Waals surface area contributed by atoms with Crippen LogP contribution in [0.2, 0.25) is 5.02 Å². The van der Waals surface area contributed by atoms with Crippen LogP contribution in [0.3, 0.4) is 0 Å². The molecule has 0 unspecified atom stereocenters. The number of thiophene rings is 2. The highest BCUT2D eigenvalue weighted by atomic mass is 35.5. The van der Waals surface area contributed by atoms with Crippen molar-refractivity contribution >= 4 is 49.5 Å². The molecule has 0 amide bonds. The molecule has 0 bridgehead atoms. The van der Waals surface area contributed by atoms with Crippen molar-refractivity contribution in [1.29, 1.82) is 0 Å². The molecular weight excluding hydrogens is 212 g/mol. The van der Waals surface area contributed by atoms with E-state index >= 15 is 0 Å². The maximum absolute atomic E-state index is 11.1. The minimum atomic E-state index is 0.0848. The summed E-state index contributed by atoms with van der Waals surface area (Å²) < 4.78 is 1.13. The summed E-state index contributed by atoms with van der Waals surface area (Å²) in [5.41, 5.74) is 0.751. The second-order valence-corrected chi connectivity index (χ2v) is 4.88. The van der Waals surface area contributed by atoms with Crippen molar-refractivity contribution < 1.29 is 4.79 Å². The number of fused-ring (bicyclic) bond motifs is 1. The van der Waals surface area contributed by atoms with Crippen LogP contribution < -0.4 is 0 Å². The minimum Gasteiger partial charge on any atom is -0.294 e. The van der Waals surface area contributed by atoms with Crippen molar-refractivity contribution in [3.8, 4) is 0 Å². The van der Waals surface area contributed by atoms with Gasteiger partial charge in [-0.3, -0.25) is 4.79 Å². The Balaban J connectivity index is 2.83. The summed E-state index contributed by atoms with van der Waals surface area (Å²) in [6, 6.07) is 0.